The summed E-state index contributed by atoms with van der Waals surface area (Å²) in [6.07, 6.45) is 1.45. The highest BCUT2D eigenvalue weighted by Crippen LogP contribution is 2.19. The number of H-pyrrole nitrogens is 1. The second kappa shape index (κ2) is 6.95. The van der Waals surface area contributed by atoms with E-state index in [0.717, 1.165) is 5.69 Å². The van der Waals surface area contributed by atoms with Gasteiger partial charge in [-0.1, -0.05) is 0 Å². The summed E-state index contributed by atoms with van der Waals surface area (Å²) in [5.74, 6) is -0.553. The van der Waals surface area contributed by atoms with Gasteiger partial charge in [0, 0.05) is 23.5 Å². The smallest absolute Gasteiger partial charge is 0.356 e. The summed E-state index contributed by atoms with van der Waals surface area (Å²) in [7, 11) is 1.28. The number of hydrogen-bond acceptors (Lipinski definition) is 5. The van der Waals surface area contributed by atoms with Crippen molar-refractivity contribution in [1.82, 2.24) is 9.97 Å². The van der Waals surface area contributed by atoms with E-state index in [-0.39, 0.29) is 17.7 Å². The summed E-state index contributed by atoms with van der Waals surface area (Å²) in [6.45, 7) is 5.53. The Hall–Kier alpha value is -2.83. The van der Waals surface area contributed by atoms with Gasteiger partial charge in [0.1, 0.15) is 5.69 Å². The van der Waals surface area contributed by atoms with E-state index in [1.165, 1.54) is 13.3 Å². The van der Waals surface area contributed by atoms with Crippen LogP contribution in [0.5, 0.6) is 5.88 Å². The van der Waals surface area contributed by atoms with Crippen molar-refractivity contribution >= 4 is 17.6 Å². The van der Waals surface area contributed by atoms with Gasteiger partial charge in [-0.3, -0.25) is 4.79 Å². The minimum Gasteiger partial charge on any atom is -0.475 e. The van der Waals surface area contributed by atoms with Gasteiger partial charge in [0.25, 0.3) is 5.91 Å². The molecule has 2 N–H and O–H groups in total. The molecule has 7 heteroatoms. The van der Waals surface area contributed by atoms with E-state index in [1.807, 2.05) is 13.8 Å². The highest BCUT2D eigenvalue weighted by Gasteiger charge is 2.18. The first kappa shape index (κ1) is 16.5. The standard InChI is InChI=1S/C16H19N3O4/c1-9(2)23-13-8-11(5-6-17-13)15(20)19-12-7-10(3)18-14(12)16(21)22-4/h5-9,18H,1-4H3,(H,19,20). The predicted molar refractivity (Wildman–Crippen MR) is 84.8 cm³/mol. The molecule has 0 atom stereocenters. The zero-order chi connectivity index (χ0) is 17.0. The number of nitrogens with one attached hydrogen (secondary N) is 2. The molecule has 0 radical (unpaired) electrons. The van der Waals surface area contributed by atoms with Gasteiger partial charge in [-0.15, -0.1) is 0 Å². The van der Waals surface area contributed by atoms with Gasteiger partial charge < -0.3 is 19.8 Å². The minimum atomic E-state index is -0.549. The Morgan fingerprint density at radius 2 is 2.04 bits per heavy atom. The fourth-order valence-electron chi connectivity index (χ4n) is 2.00. The lowest BCUT2D eigenvalue weighted by atomic mass is 10.2. The normalized spacial score (nSPS) is 10.5. The number of aromatic amines is 1. The number of esters is 1. The van der Waals surface area contributed by atoms with Crippen LogP contribution in [0.1, 0.15) is 40.4 Å². The molecule has 2 rings (SSSR count). The largest absolute Gasteiger partial charge is 0.475 e. The summed E-state index contributed by atoms with van der Waals surface area (Å²) in [5, 5.41) is 2.69. The van der Waals surface area contributed by atoms with Crippen LogP contribution in [0.4, 0.5) is 5.69 Å². The predicted octanol–water partition coefficient (Wildman–Crippen LogP) is 2.54. The van der Waals surface area contributed by atoms with E-state index >= 15 is 0 Å². The first-order valence-electron chi connectivity index (χ1n) is 7.12. The lowest BCUT2D eigenvalue weighted by molar-refractivity contribution is 0.0596. The molecule has 0 unspecified atom stereocenters. The van der Waals surface area contributed by atoms with Crippen LogP contribution in [0.3, 0.4) is 0 Å². The average molecular weight is 317 g/mol. The molecule has 0 bridgehead atoms. The highest BCUT2D eigenvalue weighted by molar-refractivity contribution is 6.07. The maximum Gasteiger partial charge on any atom is 0.356 e. The third-order valence-corrected chi connectivity index (χ3v) is 2.94. The monoisotopic (exact) mass is 317 g/mol. The molecule has 0 spiro atoms. The fourth-order valence-corrected chi connectivity index (χ4v) is 2.00. The zero-order valence-electron chi connectivity index (χ0n) is 13.5. The number of hydrogen-bond donors (Lipinski definition) is 2. The van der Waals surface area contributed by atoms with Gasteiger partial charge >= 0.3 is 5.97 Å². The summed E-state index contributed by atoms with van der Waals surface area (Å²) in [6, 6.07) is 4.78. The zero-order valence-corrected chi connectivity index (χ0v) is 13.5. The molecule has 1 amide bonds. The Morgan fingerprint density at radius 1 is 1.30 bits per heavy atom. The maximum atomic E-state index is 12.4. The number of methoxy groups -OCH3 is 1. The van der Waals surface area contributed by atoms with Crippen molar-refractivity contribution < 1.29 is 19.1 Å². The molecule has 2 heterocycles. The van der Waals surface area contributed by atoms with Gasteiger partial charge in [0.15, 0.2) is 0 Å². The van der Waals surface area contributed by atoms with Crippen LogP contribution in [0.25, 0.3) is 0 Å². The van der Waals surface area contributed by atoms with Crippen molar-refractivity contribution in [1.29, 1.82) is 0 Å². The minimum absolute atomic E-state index is 0.0425. The maximum absolute atomic E-state index is 12.4. The van der Waals surface area contributed by atoms with Gasteiger partial charge in [-0.25, -0.2) is 9.78 Å². The summed E-state index contributed by atoms with van der Waals surface area (Å²) < 4.78 is 10.2. The highest BCUT2D eigenvalue weighted by atomic mass is 16.5. The SMILES string of the molecule is COC(=O)c1[nH]c(C)cc1NC(=O)c1ccnc(OC(C)C)c1. The number of carbonyl (C=O) groups excluding carboxylic acids is 2. The number of aryl methyl sites for hydroxylation is 1. The van der Waals surface area contributed by atoms with Crippen LogP contribution in [0.15, 0.2) is 24.4 Å². The topological polar surface area (TPSA) is 93.3 Å². The molecule has 0 aliphatic rings. The number of nitrogens with zero attached hydrogens (tertiary/aromatic N) is 1. The van der Waals surface area contributed by atoms with E-state index in [1.54, 1.807) is 25.1 Å². The molecule has 0 saturated heterocycles. The van der Waals surface area contributed by atoms with Crippen LogP contribution in [-0.2, 0) is 4.74 Å². The summed E-state index contributed by atoms with van der Waals surface area (Å²) >= 11 is 0. The first-order chi connectivity index (χ1) is 10.9. The lowest BCUT2D eigenvalue weighted by Crippen LogP contribution is -2.15. The molecule has 0 saturated carbocycles. The quantitative estimate of drug-likeness (QED) is 0.827. The van der Waals surface area contributed by atoms with Crippen LogP contribution in [-0.4, -0.2) is 35.1 Å². The van der Waals surface area contributed by atoms with Crippen molar-refractivity contribution in [2.24, 2.45) is 0 Å². The molecule has 0 aliphatic carbocycles. The summed E-state index contributed by atoms with van der Waals surface area (Å²) in [5.41, 5.74) is 1.68. The van der Waals surface area contributed by atoms with Gasteiger partial charge in [-0.2, -0.15) is 0 Å². The van der Waals surface area contributed by atoms with Crippen molar-refractivity contribution in [3.05, 3.63) is 41.3 Å². The molecule has 23 heavy (non-hydrogen) atoms. The Bertz CT molecular complexity index is 722. The van der Waals surface area contributed by atoms with E-state index < -0.39 is 5.97 Å². The van der Waals surface area contributed by atoms with Gasteiger partial charge in [0.05, 0.1) is 18.9 Å². The van der Waals surface area contributed by atoms with Crippen LogP contribution in [0, 0.1) is 6.92 Å². The average Bonchev–Trinajstić information content (AvgIpc) is 2.86. The number of aromatic nitrogens is 2. The van der Waals surface area contributed by atoms with Crippen LogP contribution >= 0.6 is 0 Å². The van der Waals surface area contributed by atoms with Crippen molar-refractivity contribution in [2.45, 2.75) is 26.9 Å². The Morgan fingerprint density at radius 3 is 2.70 bits per heavy atom. The second-order valence-corrected chi connectivity index (χ2v) is 5.24. The van der Waals surface area contributed by atoms with Crippen molar-refractivity contribution in [3.63, 3.8) is 0 Å². The second-order valence-electron chi connectivity index (χ2n) is 5.24. The molecule has 2 aromatic heterocycles. The fraction of sp³-hybridized carbons (Fsp3) is 0.312. The molecular weight excluding hydrogens is 298 g/mol. The third kappa shape index (κ3) is 4.09. The number of pyridine rings is 1. The molecule has 2 aromatic rings. The van der Waals surface area contributed by atoms with Crippen LogP contribution in [0.2, 0.25) is 0 Å². The van der Waals surface area contributed by atoms with E-state index in [4.69, 9.17) is 4.74 Å². The number of ether oxygens (including phenoxy) is 2. The Balaban J connectivity index is 2.21. The molecule has 0 aromatic carbocycles. The van der Waals surface area contributed by atoms with E-state index in [9.17, 15) is 9.59 Å². The third-order valence-electron chi connectivity index (χ3n) is 2.94. The molecule has 0 fully saturated rings. The van der Waals surface area contributed by atoms with Crippen molar-refractivity contribution in [3.8, 4) is 5.88 Å². The molecular formula is C16H19N3O4. The van der Waals surface area contributed by atoms with E-state index in [0.29, 0.717) is 17.1 Å². The first-order valence-corrected chi connectivity index (χ1v) is 7.12. The van der Waals surface area contributed by atoms with Gasteiger partial charge in [-0.05, 0) is 32.9 Å². The number of anilines is 1. The summed E-state index contributed by atoms with van der Waals surface area (Å²) in [4.78, 5) is 31.0. The Kier molecular flexibility index (Phi) is 5.00. The van der Waals surface area contributed by atoms with Crippen LogP contribution < -0.4 is 10.1 Å². The number of carbonyl (C=O) groups is 2. The molecule has 122 valence electrons. The van der Waals surface area contributed by atoms with Gasteiger partial charge in [0.2, 0.25) is 5.88 Å². The van der Waals surface area contributed by atoms with E-state index in [2.05, 4.69) is 20.0 Å². The number of amides is 1. The Labute approximate surface area is 134 Å². The molecule has 7 nitrogen and oxygen atoms in total. The van der Waals surface area contributed by atoms with Crippen molar-refractivity contribution in [2.75, 3.05) is 12.4 Å². The number of rotatable bonds is 5. The molecule has 0 aliphatic heterocycles. The lowest BCUT2D eigenvalue weighted by Gasteiger charge is -2.10.